The third-order valence-electron chi connectivity index (χ3n) is 4.74. The fourth-order valence-corrected chi connectivity index (χ4v) is 5.50. The van der Waals surface area contributed by atoms with Gasteiger partial charge in [0.15, 0.2) is 10.7 Å². The molecule has 2 aromatic heterocycles. The van der Waals surface area contributed by atoms with E-state index in [1.54, 1.807) is 6.07 Å². The van der Waals surface area contributed by atoms with Gasteiger partial charge < -0.3 is 5.73 Å². The van der Waals surface area contributed by atoms with E-state index in [9.17, 15) is 17.2 Å². The maximum absolute atomic E-state index is 15.7. The summed E-state index contributed by atoms with van der Waals surface area (Å²) in [5.41, 5.74) is 5.40. The Morgan fingerprint density at radius 2 is 1.89 bits per heavy atom. The summed E-state index contributed by atoms with van der Waals surface area (Å²) in [6.45, 7) is 9.86. The Balaban J connectivity index is 2.18. The first-order valence-corrected chi connectivity index (χ1v) is 12.8. The normalized spacial score (nSPS) is 13.4. The summed E-state index contributed by atoms with van der Waals surface area (Å²) in [5, 5.41) is 0.671. The molecule has 0 unspecified atom stereocenters. The minimum absolute atomic E-state index is 0.0154. The lowest BCUT2D eigenvalue weighted by Gasteiger charge is -2.14. The maximum atomic E-state index is 15.7. The van der Waals surface area contributed by atoms with Gasteiger partial charge in [-0.2, -0.15) is 0 Å². The van der Waals surface area contributed by atoms with E-state index in [-0.39, 0.29) is 22.6 Å². The van der Waals surface area contributed by atoms with E-state index in [4.69, 9.17) is 5.73 Å². The molecule has 36 heavy (non-hydrogen) atoms. The average Bonchev–Trinajstić information content (AvgIpc) is 3.20. The Hall–Kier alpha value is -3.51. The number of anilines is 2. The summed E-state index contributed by atoms with van der Waals surface area (Å²) in [6, 6.07) is 5.54. The van der Waals surface area contributed by atoms with E-state index in [0.717, 1.165) is 19.1 Å². The summed E-state index contributed by atoms with van der Waals surface area (Å²) in [6.07, 6.45) is 3.11. The molecule has 0 aliphatic heterocycles. The van der Waals surface area contributed by atoms with Gasteiger partial charge in [-0.15, -0.1) is 11.3 Å². The van der Waals surface area contributed by atoms with Gasteiger partial charge in [0, 0.05) is 17.2 Å². The topological polar surface area (TPSA) is 111 Å². The van der Waals surface area contributed by atoms with Crippen molar-refractivity contribution < 1.29 is 21.6 Å². The molecular weight excluding hydrogens is 511 g/mol. The van der Waals surface area contributed by atoms with Gasteiger partial charge in [0.2, 0.25) is 5.95 Å². The lowest BCUT2D eigenvalue weighted by Crippen LogP contribution is -2.17. The van der Waals surface area contributed by atoms with Gasteiger partial charge in [0.25, 0.3) is 10.0 Å². The van der Waals surface area contributed by atoms with Crippen LogP contribution < -0.4 is 10.5 Å². The summed E-state index contributed by atoms with van der Waals surface area (Å²) in [7, 11) is -4.83. The van der Waals surface area contributed by atoms with E-state index in [1.165, 1.54) is 29.7 Å². The second kappa shape index (κ2) is 10.2. The lowest BCUT2D eigenvalue weighted by molar-refractivity contribution is 0.581. The number of hydrogen-bond acceptors (Lipinski definition) is 7. The predicted molar refractivity (Wildman–Crippen MR) is 137 cm³/mol. The van der Waals surface area contributed by atoms with Crippen molar-refractivity contribution in [2.45, 2.75) is 33.1 Å². The van der Waals surface area contributed by atoms with E-state index < -0.39 is 38.1 Å². The van der Waals surface area contributed by atoms with Crippen LogP contribution >= 0.6 is 11.3 Å². The van der Waals surface area contributed by atoms with E-state index >= 15 is 4.39 Å². The highest BCUT2D eigenvalue weighted by molar-refractivity contribution is 7.96. The highest BCUT2D eigenvalue weighted by atomic mass is 32.2. The molecule has 190 valence electrons. The number of hydrogen-bond donors (Lipinski definition) is 2. The molecular formula is C24H24F3N5O2S2. The molecule has 0 aliphatic rings. The Labute approximate surface area is 211 Å². The molecule has 2 heterocycles. The SMILES string of the molecule is C=CC=C(F)C(=C(C)F)S(=O)(=O)Nc1cccc(-c2nc(C(C)(C)C)sc2-c2ccnc(N)n2)c1F. The molecule has 3 aromatic rings. The monoisotopic (exact) mass is 535 g/mol. The zero-order chi connectivity index (χ0) is 26.8. The molecule has 3 N–H and O–H groups in total. The first kappa shape index (κ1) is 27.1. The van der Waals surface area contributed by atoms with Crippen LogP contribution in [0.4, 0.5) is 24.8 Å². The third kappa shape index (κ3) is 5.65. The van der Waals surface area contributed by atoms with Crippen molar-refractivity contribution in [2.75, 3.05) is 10.5 Å². The number of nitrogens with zero attached hydrogens (tertiary/aromatic N) is 3. The van der Waals surface area contributed by atoms with Gasteiger partial charge in [-0.05, 0) is 31.2 Å². The predicted octanol–water partition coefficient (Wildman–Crippen LogP) is 6.27. The molecule has 0 fully saturated rings. The highest BCUT2D eigenvalue weighted by Crippen LogP contribution is 2.42. The zero-order valence-corrected chi connectivity index (χ0v) is 21.6. The van der Waals surface area contributed by atoms with Crippen LogP contribution in [-0.4, -0.2) is 23.4 Å². The number of aromatic nitrogens is 3. The second-order valence-corrected chi connectivity index (χ2v) is 11.3. The number of nitrogens with one attached hydrogen (secondary N) is 1. The smallest absolute Gasteiger partial charge is 0.267 e. The number of allylic oxidation sites excluding steroid dienone is 4. The van der Waals surface area contributed by atoms with Crippen LogP contribution in [-0.2, 0) is 15.4 Å². The van der Waals surface area contributed by atoms with Crippen molar-refractivity contribution in [1.29, 1.82) is 0 Å². The largest absolute Gasteiger partial charge is 0.368 e. The van der Waals surface area contributed by atoms with Gasteiger partial charge >= 0.3 is 0 Å². The van der Waals surface area contributed by atoms with Crippen LogP contribution in [0.2, 0.25) is 0 Å². The molecule has 12 heteroatoms. The quantitative estimate of drug-likeness (QED) is 0.345. The molecule has 7 nitrogen and oxygen atoms in total. The number of thiazole rings is 1. The van der Waals surface area contributed by atoms with Crippen molar-refractivity contribution in [3.63, 3.8) is 0 Å². The minimum atomic E-state index is -4.83. The number of benzene rings is 1. The van der Waals surface area contributed by atoms with Crippen molar-refractivity contribution in [2.24, 2.45) is 0 Å². The van der Waals surface area contributed by atoms with Crippen LogP contribution in [0, 0.1) is 5.82 Å². The molecule has 0 saturated carbocycles. The Bertz CT molecular complexity index is 1490. The fraction of sp³-hybridized carbons (Fsp3) is 0.208. The highest BCUT2D eigenvalue weighted by Gasteiger charge is 2.29. The lowest BCUT2D eigenvalue weighted by atomic mass is 9.98. The molecule has 0 aliphatic carbocycles. The standard InChI is InChI=1S/C24H24F3N5O2S2/c1-6-8-15(26)21(13(2)25)36(33,34)32-16-10-7-9-14(18(16)27)19-20(17-11-12-29-23(28)30-17)35-22(31-19)24(3,4)5/h6-12,32H,1H2,2-5H3,(H2,28,29,30). The van der Waals surface area contributed by atoms with Gasteiger partial charge in [0.1, 0.15) is 11.7 Å². The molecule has 0 radical (unpaired) electrons. The molecule has 1 aromatic carbocycles. The maximum Gasteiger partial charge on any atom is 0.267 e. The third-order valence-corrected chi connectivity index (χ3v) is 7.74. The van der Waals surface area contributed by atoms with Crippen molar-refractivity contribution in [3.8, 4) is 21.8 Å². The average molecular weight is 536 g/mol. The first-order valence-electron chi connectivity index (χ1n) is 10.5. The summed E-state index contributed by atoms with van der Waals surface area (Å²) in [4.78, 5) is 12.0. The van der Waals surface area contributed by atoms with E-state index in [2.05, 4.69) is 21.5 Å². The van der Waals surface area contributed by atoms with Crippen LogP contribution in [0.1, 0.15) is 32.7 Å². The summed E-state index contributed by atoms with van der Waals surface area (Å²) < 4.78 is 71.5. The van der Waals surface area contributed by atoms with Gasteiger partial charge in [-0.1, -0.05) is 39.5 Å². The van der Waals surface area contributed by atoms with Gasteiger partial charge in [-0.25, -0.2) is 36.5 Å². The molecule has 0 atom stereocenters. The van der Waals surface area contributed by atoms with Gasteiger partial charge in [0.05, 0.1) is 27.0 Å². The number of sulfonamides is 1. The van der Waals surface area contributed by atoms with Crippen LogP contribution in [0.3, 0.4) is 0 Å². The van der Waals surface area contributed by atoms with Crippen molar-refractivity contribution in [1.82, 2.24) is 15.0 Å². The van der Waals surface area contributed by atoms with Crippen molar-refractivity contribution in [3.05, 3.63) is 76.6 Å². The second-order valence-electron chi connectivity index (χ2n) is 8.63. The Morgan fingerprint density at radius 1 is 1.19 bits per heavy atom. The molecule has 0 saturated heterocycles. The van der Waals surface area contributed by atoms with Crippen LogP contribution in [0.25, 0.3) is 21.8 Å². The van der Waals surface area contributed by atoms with E-state index in [0.29, 0.717) is 21.7 Å². The number of nitrogens with two attached hydrogens (primary N) is 1. The van der Waals surface area contributed by atoms with Crippen LogP contribution in [0.5, 0.6) is 0 Å². The fourth-order valence-electron chi connectivity index (χ4n) is 3.14. The molecule has 0 bridgehead atoms. The Kier molecular flexibility index (Phi) is 7.70. The molecule has 0 spiro atoms. The Morgan fingerprint density at radius 3 is 2.47 bits per heavy atom. The number of rotatable bonds is 7. The number of nitrogen functional groups attached to an aromatic ring is 1. The molecule has 3 rings (SSSR count). The minimum Gasteiger partial charge on any atom is -0.368 e. The van der Waals surface area contributed by atoms with Crippen LogP contribution in [0.15, 0.2) is 65.8 Å². The summed E-state index contributed by atoms with van der Waals surface area (Å²) in [5.74, 6) is -3.67. The molecule has 0 amide bonds. The summed E-state index contributed by atoms with van der Waals surface area (Å²) >= 11 is 1.28. The van der Waals surface area contributed by atoms with E-state index in [1.807, 2.05) is 25.5 Å². The zero-order valence-electron chi connectivity index (χ0n) is 19.9. The number of halogens is 3. The van der Waals surface area contributed by atoms with Gasteiger partial charge in [-0.3, -0.25) is 4.72 Å². The first-order chi connectivity index (χ1) is 16.8. The van der Waals surface area contributed by atoms with Crippen molar-refractivity contribution >= 4 is 33.0 Å².